The third kappa shape index (κ3) is 20.5. The van der Waals surface area contributed by atoms with Gasteiger partial charge in [-0.1, -0.05) is 70.4 Å². The predicted molar refractivity (Wildman–Crippen MR) is 111 cm³/mol. The van der Waals surface area contributed by atoms with Crippen molar-refractivity contribution in [1.82, 2.24) is 5.48 Å². The van der Waals surface area contributed by atoms with E-state index in [1.54, 1.807) is 0 Å². The lowest BCUT2D eigenvalue weighted by atomic mass is 10.1. The second-order valence-electron chi connectivity index (χ2n) is 7.23. The van der Waals surface area contributed by atoms with E-state index in [0.717, 1.165) is 32.1 Å². The highest BCUT2D eigenvalue weighted by Crippen LogP contribution is 2.10. The van der Waals surface area contributed by atoms with Crippen LogP contribution >= 0.6 is 0 Å². The molecule has 1 amide bonds. The Morgan fingerprint density at radius 3 is 1.86 bits per heavy atom. The first-order valence-electron chi connectivity index (χ1n) is 10.9. The molecular weight excluding hydrogens is 358 g/mol. The molecule has 0 unspecified atom stereocenters. The summed E-state index contributed by atoms with van der Waals surface area (Å²) in [7, 11) is 0. The van der Waals surface area contributed by atoms with Gasteiger partial charge in [-0.3, -0.25) is 9.59 Å². The Morgan fingerprint density at radius 2 is 1.29 bits per heavy atom. The van der Waals surface area contributed by atoms with Crippen molar-refractivity contribution in [1.29, 1.82) is 0 Å². The molecule has 0 bridgehead atoms. The summed E-state index contributed by atoms with van der Waals surface area (Å²) in [6.45, 7) is 2.24. The zero-order valence-electron chi connectivity index (χ0n) is 17.5. The van der Waals surface area contributed by atoms with Crippen LogP contribution in [0.1, 0.15) is 110 Å². The minimum absolute atomic E-state index is 0.247. The summed E-state index contributed by atoms with van der Waals surface area (Å²) in [6, 6.07) is 0. The Kier molecular flexibility index (Phi) is 18.6. The quantitative estimate of drug-likeness (QED) is 0.182. The van der Waals surface area contributed by atoms with Crippen LogP contribution < -0.4 is 5.48 Å². The lowest BCUT2D eigenvalue weighted by molar-refractivity contribution is -0.159. The Morgan fingerprint density at radius 1 is 0.750 bits per heavy atom. The van der Waals surface area contributed by atoms with Gasteiger partial charge in [-0.15, -0.1) is 0 Å². The number of unbranched alkanes of at least 4 members (excludes halogenated alkanes) is 11. The molecular formula is C22H39NO5. The monoisotopic (exact) mass is 397 g/mol. The molecule has 0 saturated carbocycles. The Labute approximate surface area is 170 Å². The molecule has 0 aliphatic rings. The van der Waals surface area contributed by atoms with Crippen molar-refractivity contribution >= 4 is 17.8 Å². The van der Waals surface area contributed by atoms with Gasteiger partial charge in [-0.25, -0.2) is 4.79 Å². The minimum Gasteiger partial charge on any atom is -0.481 e. The molecule has 0 aromatic carbocycles. The number of hydroxylamine groups is 1. The van der Waals surface area contributed by atoms with E-state index in [2.05, 4.69) is 29.4 Å². The van der Waals surface area contributed by atoms with E-state index in [-0.39, 0.29) is 18.7 Å². The van der Waals surface area contributed by atoms with E-state index in [9.17, 15) is 14.4 Å². The Hall–Kier alpha value is -1.85. The van der Waals surface area contributed by atoms with Gasteiger partial charge in [-0.2, -0.15) is 5.48 Å². The average Bonchev–Trinajstić information content (AvgIpc) is 2.67. The number of rotatable bonds is 18. The van der Waals surface area contributed by atoms with E-state index < -0.39 is 11.9 Å². The van der Waals surface area contributed by atoms with E-state index in [1.807, 2.05) is 0 Å². The van der Waals surface area contributed by atoms with Crippen molar-refractivity contribution < 1.29 is 24.3 Å². The second-order valence-corrected chi connectivity index (χ2v) is 7.23. The highest BCUT2D eigenvalue weighted by Gasteiger charge is 2.09. The molecule has 0 aliphatic carbocycles. The van der Waals surface area contributed by atoms with Crippen molar-refractivity contribution in [2.75, 3.05) is 0 Å². The molecule has 28 heavy (non-hydrogen) atoms. The van der Waals surface area contributed by atoms with Crippen LogP contribution in [0.3, 0.4) is 0 Å². The fraction of sp³-hybridized carbons (Fsp3) is 0.773. The topological polar surface area (TPSA) is 92.7 Å². The molecule has 0 saturated heterocycles. The number of amides is 1. The van der Waals surface area contributed by atoms with Gasteiger partial charge in [-0.05, 0) is 32.1 Å². The first kappa shape index (κ1) is 26.1. The maximum absolute atomic E-state index is 11.5. The summed E-state index contributed by atoms with van der Waals surface area (Å²) in [5.74, 6) is -2.15. The average molecular weight is 398 g/mol. The van der Waals surface area contributed by atoms with Gasteiger partial charge in [0.25, 0.3) is 5.91 Å². The van der Waals surface area contributed by atoms with Crippen molar-refractivity contribution in [3.8, 4) is 0 Å². The maximum atomic E-state index is 11.5. The van der Waals surface area contributed by atoms with Crippen LogP contribution in [0.25, 0.3) is 0 Å². The zero-order valence-corrected chi connectivity index (χ0v) is 17.5. The van der Waals surface area contributed by atoms with E-state index in [0.29, 0.717) is 6.42 Å². The molecule has 0 aromatic heterocycles. The molecule has 2 N–H and O–H groups in total. The number of nitrogens with one attached hydrogen (secondary N) is 1. The van der Waals surface area contributed by atoms with Gasteiger partial charge in [0, 0.05) is 6.42 Å². The second kappa shape index (κ2) is 19.9. The van der Waals surface area contributed by atoms with E-state index >= 15 is 0 Å². The largest absolute Gasteiger partial charge is 0.481 e. The van der Waals surface area contributed by atoms with Crippen molar-refractivity contribution in [2.45, 2.75) is 110 Å². The number of aliphatic carboxylic acids is 1. The number of carboxylic acid groups (broad SMARTS) is 1. The number of carbonyl (C=O) groups is 3. The lowest BCUT2D eigenvalue weighted by Crippen LogP contribution is -2.27. The van der Waals surface area contributed by atoms with Crippen LogP contribution in [-0.2, 0) is 19.2 Å². The first-order chi connectivity index (χ1) is 13.6. The molecule has 0 aromatic rings. The fourth-order valence-corrected chi connectivity index (χ4v) is 2.78. The van der Waals surface area contributed by atoms with E-state index in [4.69, 9.17) is 5.11 Å². The van der Waals surface area contributed by atoms with Gasteiger partial charge < -0.3 is 9.94 Å². The van der Waals surface area contributed by atoms with Crippen LogP contribution in [0.5, 0.6) is 0 Å². The fourth-order valence-electron chi connectivity index (χ4n) is 2.78. The molecule has 6 nitrogen and oxygen atoms in total. The van der Waals surface area contributed by atoms with Crippen molar-refractivity contribution in [3.63, 3.8) is 0 Å². The number of carboxylic acids is 1. The third-order valence-electron chi connectivity index (χ3n) is 4.49. The number of carbonyl (C=O) groups excluding carboxylic acids is 2. The summed E-state index contributed by atoms with van der Waals surface area (Å²) in [5, 5.41) is 8.44. The highest BCUT2D eigenvalue weighted by molar-refractivity contribution is 5.79. The van der Waals surface area contributed by atoms with E-state index in [1.165, 1.54) is 51.4 Å². The van der Waals surface area contributed by atoms with Gasteiger partial charge in [0.2, 0.25) is 0 Å². The number of hydrogen-bond donors (Lipinski definition) is 2. The maximum Gasteiger partial charge on any atom is 0.332 e. The normalized spacial score (nSPS) is 10.9. The standard InChI is InChI=1S/C22H39NO5/c1-2-3-4-5-6-7-8-9-10-11-12-13-14-15-16-17-20(24)23-28-22(27)19-18-21(25)26/h9-10H,2-8,11-19H2,1H3,(H,23,24)(H,25,26)/b10-9-. The van der Waals surface area contributed by atoms with Crippen molar-refractivity contribution in [3.05, 3.63) is 12.2 Å². The molecule has 0 rings (SSSR count). The van der Waals surface area contributed by atoms with Gasteiger partial charge >= 0.3 is 11.9 Å². The molecule has 0 heterocycles. The zero-order chi connectivity index (χ0) is 20.9. The summed E-state index contributed by atoms with van der Waals surface area (Å²) in [4.78, 5) is 37.5. The Balaban J connectivity index is 3.33. The lowest BCUT2D eigenvalue weighted by Gasteiger charge is -2.05. The van der Waals surface area contributed by atoms with Crippen molar-refractivity contribution in [2.24, 2.45) is 0 Å². The molecule has 162 valence electrons. The van der Waals surface area contributed by atoms with Gasteiger partial charge in [0.05, 0.1) is 12.8 Å². The first-order valence-corrected chi connectivity index (χ1v) is 10.9. The summed E-state index contributed by atoms with van der Waals surface area (Å²) in [6.07, 6.45) is 19.9. The molecule has 0 radical (unpaired) electrons. The van der Waals surface area contributed by atoms with Crippen LogP contribution in [0.2, 0.25) is 0 Å². The molecule has 0 fully saturated rings. The van der Waals surface area contributed by atoms with Crippen LogP contribution in [0, 0.1) is 0 Å². The van der Waals surface area contributed by atoms with Crippen LogP contribution in [0.4, 0.5) is 0 Å². The minimum atomic E-state index is -1.07. The SMILES string of the molecule is CCCCCCCC/C=C\CCCCCCCC(=O)NOC(=O)CCC(=O)O. The van der Waals surface area contributed by atoms with Crippen LogP contribution in [0.15, 0.2) is 12.2 Å². The molecule has 0 spiro atoms. The summed E-state index contributed by atoms with van der Waals surface area (Å²) in [5.41, 5.74) is 2.07. The third-order valence-corrected chi connectivity index (χ3v) is 4.49. The summed E-state index contributed by atoms with van der Waals surface area (Å²) >= 11 is 0. The Bertz CT molecular complexity index is 448. The number of hydrogen-bond acceptors (Lipinski definition) is 4. The molecule has 0 atom stereocenters. The smallest absolute Gasteiger partial charge is 0.332 e. The highest BCUT2D eigenvalue weighted by atomic mass is 16.7. The van der Waals surface area contributed by atoms with Gasteiger partial charge in [0.15, 0.2) is 0 Å². The predicted octanol–water partition coefficient (Wildman–Crippen LogP) is 5.46. The number of allylic oxidation sites excluding steroid dienone is 2. The van der Waals surface area contributed by atoms with Crippen LogP contribution in [-0.4, -0.2) is 23.0 Å². The molecule has 0 aliphatic heterocycles. The van der Waals surface area contributed by atoms with Gasteiger partial charge in [0.1, 0.15) is 0 Å². The summed E-state index contributed by atoms with van der Waals surface area (Å²) < 4.78 is 0. The molecule has 6 heteroatoms.